The second kappa shape index (κ2) is 5.60. The first kappa shape index (κ1) is 14.3. The number of rotatable bonds is 4. The number of carbonyl (C=O) groups is 2. The zero-order valence-electron chi connectivity index (χ0n) is 10.8. The molecule has 21 heavy (non-hydrogen) atoms. The molecule has 1 heterocycles. The van der Waals surface area contributed by atoms with Gasteiger partial charge in [-0.05, 0) is 48.5 Å². The molecule has 2 aromatic rings. The SMILES string of the molecule is O=C(c1ccc(Cl)cc1)[C@H]1O[C@@H]1C(=O)c1ccc(Cl)cc1. The van der Waals surface area contributed by atoms with E-state index in [-0.39, 0.29) is 11.6 Å². The minimum atomic E-state index is -0.714. The largest absolute Gasteiger partial charge is 0.352 e. The van der Waals surface area contributed by atoms with Crippen LogP contribution in [-0.4, -0.2) is 23.8 Å². The normalized spacial score (nSPS) is 20.1. The Kier molecular flexibility index (Phi) is 3.81. The van der Waals surface area contributed by atoms with Crippen LogP contribution in [0.4, 0.5) is 0 Å². The van der Waals surface area contributed by atoms with Crippen molar-refractivity contribution in [2.45, 2.75) is 12.2 Å². The molecule has 1 aliphatic rings. The van der Waals surface area contributed by atoms with E-state index in [4.69, 9.17) is 27.9 Å². The minimum Gasteiger partial charge on any atom is -0.352 e. The molecule has 1 fully saturated rings. The van der Waals surface area contributed by atoms with E-state index >= 15 is 0 Å². The van der Waals surface area contributed by atoms with Crippen molar-refractivity contribution in [2.24, 2.45) is 0 Å². The van der Waals surface area contributed by atoms with Gasteiger partial charge in [-0.1, -0.05) is 23.2 Å². The van der Waals surface area contributed by atoms with E-state index in [1.165, 1.54) is 0 Å². The van der Waals surface area contributed by atoms with Gasteiger partial charge in [-0.15, -0.1) is 0 Å². The van der Waals surface area contributed by atoms with Gasteiger partial charge in [0.15, 0.2) is 23.8 Å². The van der Waals surface area contributed by atoms with Crippen molar-refractivity contribution >= 4 is 34.8 Å². The van der Waals surface area contributed by atoms with Crippen LogP contribution in [0.1, 0.15) is 20.7 Å². The lowest BCUT2D eigenvalue weighted by Crippen LogP contribution is -2.16. The summed E-state index contributed by atoms with van der Waals surface area (Å²) in [4.78, 5) is 24.4. The molecule has 0 unspecified atom stereocenters. The molecular formula is C16H10Cl2O3. The molecular weight excluding hydrogens is 311 g/mol. The van der Waals surface area contributed by atoms with E-state index in [1.54, 1.807) is 48.5 Å². The Morgan fingerprint density at radius 2 is 1.05 bits per heavy atom. The van der Waals surface area contributed by atoms with Crippen molar-refractivity contribution in [1.29, 1.82) is 0 Å². The zero-order valence-corrected chi connectivity index (χ0v) is 12.3. The number of ketones is 2. The second-order valence-corrected chi connectivity index (χ2v) is 5.59. The molecule has 1 saturated heterocycles. The first-order valence-corrected chi connectivity index (χ1v) is 7.07. The molecule has 0 N–H and O–H groups in total. The molecule has 5 heteroatoms. The van der Waals surface area contributed by atoms with E-state index in [0.717, 1.165) is 0 Å². The molecule has 0 amide bonds. The number of hydrogen-bond acceptors (Lipinski definition) is 3. The standard InChI is InChI=1S/C16H10Cl2O3/c17-11-5-1-9(2-6-11)13(19)15-16(21-15)14(20)10-3-7-12(18)8-4-10/h1-8,15-16H/t15-,16-/m1/s1. The number of carbonyl (C=O) groups excluding carboxylic acids is 2. The van der Waals surface area contributed by atoms with E-state index < -0.39 is 12.2 Å². The number of Topliss-reactive ketones (excluding diaryl/α,β-unsaturated/α-hetero) is 2. The van der Waals surface area contributed by atoms with Gasteiger partial charge < -0.3 is 4.74 Å². The molecule has 3 rings (SSSR count). The molecule has 0 spiro atoms. The predicted octanol–water partition coefficient (Wildman–Crippen LogP) is 3.83. The van der Waals surface area contributed by atoms with Gasteiger partial charge in [0, 0.05) is 21.2 Å². The highest BCUT2D eigenvalue weighted by atomic mass is 35.5. The van der Waals surface area contributed by atoms with Crippen LogP contribution in [0.5, 0.6) is 0 Å². The van der Waals surface area contributed by atoms with Gasteiger partial charge in [0.2, 0.25) is 0 Å². The minimum absolute atomic E-state index is 0.209. The lowest BCUT2D eigenvalue weighted by atomic mass is 10.0. The predicted molar refractivity (Wildman–Crippen MR) is 80.2 cm³/mol. The van der Waals surface area contributed by atoms with Gasteiger partial charge in [0.1, 0.15) is 0 Å². The Balaban J connectivity index is 1.71. The zero-order chi connectivity index (χ0) is 15.0. The monoisotopic (exact) mass is 320 g/mol. The van der Waals surface area contributed by atoms with Gasteiger partial charge in [-0.2, -0.15) is 0 Å². The maximum atomic E-state index is 12.2. The van der Waals surface area contributed by atoms with Crippen LogP contribution < -0.4 is 0 Å². The highest BCUT2D eigenvalue weighted by molar-refractivity contribution is 6.31. The van der Waals surface area contributed by atoms with Crippen LogP contribution in [0.15, 0.2) is 48.5 Å². The van der Waals surface area contributed by atoms with E-state index in [2.05, 4.69) is 0 Å². The van der Waals surface area contributed by atoms with Crippen molar-refractivity contribution in [3.63, 3.8) is 0 Å². The number of hydrogen-bond donors (Lipinski definition) is 0. The summed E-state index contributed by atoms with van der Waals surface area (Å²) in [6.45, 7) is 0. The van der Waals surface area contributed by atoms with Crippen molar-refractivity contribution in [1.82, 2.24) is 0 Å². The summed E-state index contributed by atoms with van der Waals surface area (Å²) >= 11 is 11.6. The number of benzene rings is 2. The average Bonchev–Trinajstić information content (AvgIpc) is 3.28. The molecule has 0 bridgehead atoms. The first-order chi connectivity index (χ1) is 10.1. The van der Waals surface area contributed by atoms with Gasteiger partial charge in [0.05, 0.1) is 0 Å². The molecule has 2 atom stereocenters. The Labute approximate surface area is 131 Å². The highest BCUT2D eigenvalue weighted by Gasteiger charge is 2.50. The third kappa shape index (κ3) is 3.00. The summed E-state index contributed by atoms with van der Waals surface area (Å²) in [5, 5.41) is 1.11. The third-order valence-corrected chi connectivity index (χ3v) is 3.77. The number of ether oxygens (including phenoxy) is 1. The molecule has 0 saturated carbocycles. The van der Waals surface area contributed by atoms with Gasteiger partial charge in [-0.25, -0.2) is 0 Å². The van der Waals surface area contributed by atoms with Gasteiger partial charge >= 0.3 is 0 Å². The lowest BCUT2D eigenvalue weighted by Gasteiger charge is -1.99. The summed E-state index contributed by atoms with van der Waals surface area (Å²) in [7, 11) is 0. The van der Waals surface area contributed by atoms with Crippen LogP contribution >= 0.6 is 23.2 Å². The summed E-state index contributed by atoms with van der Waals surface area (Å²) in [5.74, 6) is -0.419. The fraction of sp³-hybridized carbons (Fsp3) is 0.125. The quantitative estimate of drug-likeness (QED) is 0.635. The van der Waals surface area contributed by atoms with Crippen molar-refractivity contribution in [2.75, 3.05) is 0 Å². The van der Waals surface area contributed by atoms with Crippen LogP contribution in [-0.2, 0) is 4.74 Å². The molecule has 0 aromatic heterocycles. The van der Waals surface area contributed by atoms with E-state index in [9.17, 15) is 9.59 Å². The van der Waals surface area contributed by atoms with Crippen LogP contribution in [0, 0.1) is 0 Å². The molecule has 1 aliphatic heterocycles. The fourth-order valence-electron chi connectivity index (χ4n) is 2.07. The van der Waals surface area contributed by atoms with Crippen LogP contribution in [0.25, 0.3) is 0 Å². The molecule has 2 aromatic carbocycles. The Morgan fingerprint density at radius 1 is 0.714 bits per heavy atom. The summed E-state index contributed by atoms with van der Waals surface area (Å²) in [6.07, 6.45) is -1.43. The molecule has 0 radical (unpaired) electrons. The Morgan fingerprint density at radius 3 is 1.38 bits per heavy atom. The van der Waals surface area contributed by atoms with Crippen molar-refractivity contribution in [3.8, 4) is 0 Å². The van der Waals surface area contributed by atoms with Gasteiger partial charge in [-0.3, -0.25) is 9.59 Å². The number of halogens is 2. The summed E-state index contributed by atoms with van der Waals surface area (Å²) < 4.78 is 5.24. The molecule has 106 valence electrons. The highest BCUT2D eigenvalue weighted by Crippen LogP contribution is 2.30. The second-order valence-electron chi connectivity index (χ2n) is 4.72. The topological polar surface area (TPSA) is 46.7 Å². The van der Waals surface area contributed by atoms with Crippen LogP contribution in [0.3, 0.4) is 0 Å². The van der Waals surface area contributed by atoms with Crippen molar-refractivity contribution in [3.05, 3.63) is 69.7 Å². The molecule has 3 nitrogen and oxygen atoms in total. The Bertz CT molecular complexity index is 631. The summed E-state index contributed by atoms with van der Waals surface area (Å²) in [5.41, 5.74) is 0.964. The summed E-state index contributed by atoms with van der Waals surface area (Å²) in [6, 6.07) is 13.0. The number of epoxide rings is 1. The smallest absolute Gasteiger partial charge is 0.194 e. The van der Waals surface area contributed by atoms with Crippen molar-refractivity contribution < 1.29 is 14.3 Å². The van der Waals surface area contributed by atoms with E-state index in [1.807, 2.05) is 0 Å². The van der Waals surface area contributed by atoms with E-state index in [0.29, 0.717) is 21.2 Å². The third-order valence-electron chi connectivity index (χ3n) is 3.27. The Hall–Kier alpha value is -1.68. The molecule has 0 aliphatic carbocycles. The lowest BCUT2D eigenvalue weighted by molar-refractivity contribution is 0.0948. The van der Waals surface area contributed by atoms with Crippen LogP contribution in [0.2, 0.25) is 10.0 Å². The fourth-order valence-corrected chi connectivity index (χ4v) is 2.32. The maximum Gasteiger partial charge on any atom is 0.194 e. The maximum absolute atomic E-state index is 12.2. The average molecular weight is 321 g/mol. The van der Waals surface area contributed by atoms with Gasteiger partial charge in [0.25, 0.3) is 0 Å². The first-order valence-electron chi connectivity index (χ1n) is 6.31.